The molecule has 1 saturated heterocycles. The van der Waals surface area contributed by atoms with Gasteiger partial charge in [-0.25, -0.2) is 9.78 Å². The number of ether oxygens (including phenoxy) is 1. The van der Waals surface area contributed by atoms with Crippen LogP contribution in [0.15, 0.2) is 42.6 Å². The van der Waals surface area contributed by atoms with Crippen molar-refractivity contribution in [1.82, 2.24) is 10.3 Å². The summed E-state index contributed by atoms with van der Waals surface area (Å²) in [4.78, 5) is 17.6. The number of benzene rings is 1. The van der Waals surface area contributed by atoms with Crippen molar-refractivity contribution in [1.29, 1.82) is 0 Å². The number of pyridine rings is 1. The Morgan fingerprint density at radius 1 is 1.08 bits per heavy atom. The molecule has 0 aliphatic carbocycles. The largest absolute Gasteiger partial charge is 0.478 e. The van der Waals surface area contributed by atoms with E-state index in [1.807, 2.05) is 24.4 Å². The first-order valence-electron chi connectivity index (χ1n) is 8.03. The smallest absolute Gasteiger partial charge is 0.335 e. The first-order chi connectivity index (χ1) is 11.7. The number of carboxylic acids is 1. The number of rotatable bonds is 6. The first-order valence-corrected chi connectivity index (χ1v) is 8.03. The Morgan fingerprint density at radius 2 is 1.75 bits per heavy atom. The number of carboxylic acid groups (broad SMARTS) is 1. The monoisotopic (exact) mass is 327 g/mol. The topological polar surface area (TPSA) is 74.7 Å². The van der Waals surface area contributed by atoms with E-state index in [1.54, 1.807) is 12.1 Å². The van der Waals surface area contributed by atoms with Crippen LogP contribution in [0.1, 0.15) is 21.5 Å². The highest BCUT2D eigenvalue weighted by atomic mass is 16.5. The Balaban J connectivity index is 1.48. The van der Waals surface area contributed by atoms with Crippen molar-refractivity contribution in [2.75, 3.05) is 31.2 Å². The van der Waals surface area contributed by atoms with Crippen LogP contribution in [0, 0.1) is 0 Å². The molecule has 6 heteroatoms. The van der Waals surface area contributed by atoms with E-state index in [4.69, 9.17) is 9.84 Å². The van der Waals surface area contributed by atoms with E-state index in [2.05, 4.69) is 21.3 Å². The third-order valence-corrected chi connectivity index (χ3v) is 4.00. The van der Waals surface area contributed by atoms with E-state index in [0.717, 1.165) is 49.8 Å². The molecule has 0 radical (unpaired) electrons. The molecule has 1 fully saturated rings. The SMILES string of the molecule is O=C(O)c1ccc(CNCc2ccc(N3CCOCC3)nc2)cc1. The molecule has 0 bridgehead atoms. The van der Waals surface area contributed by atoms with Crippen LogP contribution < -0.4 is 10.2 Å². The summed E-state index contributed by atoms with van der Waals surface area (Å²) >= 11 is 0. The zero-order valence-corrected chi connectivity index (χ0v) is 13.4. The Bertz CT molecular complexity index is 665. The maximum absolute atomic E-state index is 10.8. The summed E-state index contributed by atoms with van der Waals surface area (Å²) in [7, 11) is 0. The van der Waals surface area contributed by atoms with Crippen LogP contribution in [0.2, 0.25) is 0 Å². The lowest BCUT2D eigenvalue weighted by molar-refractivity contribution is 0.0697. The Labute approximate surface area is 141 Å². The number of aromatic nitrogens is 1. The van der Waals surface area contributed by atoms with Crippen LogP contribution in [-0.4, -0.2) is 42.4 Å². The Hall–Kier alpha value is -2.44. The fourth-order valence-corrected chi connectivity index (χ4v) is 2.62. The summed E-state index contributed by atoms with van der Waals surface area (Å²) in [5.41, 5.74) is 2.48. The highest BCUT2D eigenvalue weighted by molar-refractivity contribution is 5.87. The highest BCUT2D eigenvalue weighted by Gasteiger charge is 2.11. The van der Waals surface area contributed by atoms with Crippen molar-refractivity contribution in [3.05, 3.63) is 59.3 Å². The number of hydrogen-bond acceptors (Lipinski definition) is 5. The van der Waals surface area contributed by atoms with Gasteiger partial charge in [-0.05, 0) is 29.3 Å². The quantitative estimate of drug-likeness (QED) is 0.844. The fraction of sp³-hybridized carbons (Fsp3) is 0.333. The zero-order valence-electron chi connectivity index (χ0n) is 13.4. The molecule has 0 unspecified atom stereocenters. The molecule has 0 saturated carbocycles. The molecule has 1 aromatic carbocycles. The second kappa shape index (κ2) is 7.90. The number of anilines is 1. The molecule has 3 rings (SSSR count). The van der Waals surface area contributed by atoms with Gasteiger partial charge in [0.1, 0.15) is 5.82 Å². The molecule has 0 amide bonds. The van der Waals surface area contributed by atoms with Crippen molar-refractivity contribution in [3.8, 4) is 0 Å². The zero-order chi connectivity index (χ0) is 16.8. The van der Waals surface area contributed by atoms with Gasteiger partial charge < -0.3 is 20.1 Å². The van der Waals surface area contributed by atoms with Crippen LogP contribution in [0.3, 0.4) is 0 Å². The Morgan fingerprint density at radius 3 is 2.38 bits per heavy atom. The predicted octanol–water partition coefficient (Wildman–Crippen LogP) is 1.91. The normalized spacial score (nSPS) is 14.6. The molecular formula is C18H21N3O3. The summed E-state index contributed by atoms with van der Waals surface area (Å²) in [5, 5.41) is 12.2. The molecule has 2 heterocycles. The molecule has 0 atom stereocenters. The maximum atomic E-state index is 10.8. The molecule has 2 N–H and O–H groups in total. The van der Waals surface area contributed by atoms with Crippen molar-refractivity contribution in [2.24, 2.45) is 0 Å². The molecule has 1 aliphatic rings. The lowest BCUT2D eigenvalue weighted by atomic mass is 10.1. The van der Waals surface area contributed by atoms with Gasteiger partial charge >= 0.3 is 5.97 Å². The Kier molecular flexibility index (Phi) is 5.40. The third kappa shape index (κ3) is 4.31. The summed E-state index contributed by atoms with van der Waals surface area (Å²) in [6, 6.07) is 11.0. The molecule has 126 valence electrons. The predicted molar refractivity (Wildman–Crippen MR) is 91.2 cm³/mol. The molecule has 24 heavy (non-hydrogen) atoms. The van der Waals surface area contributed by atoms with Crippen molar-refractivity contribution < 1.29 is 14.6 Å². The first kappa shape index (κ1) is 16.4. The molecule has 2 aromatic rings. The highest BCUT2D eigenvalue weighted by Crippen LogP contribution is 2.13. The maximum Gasteiger partial charge on any atom is 0.335 e. The van der Waals surface area contributed by atoms with Crippen molar-refractivity contribution >= 4 is 11.8 Å². The third-order valence-electron chi connectivity index (χ3n) is 4.00. The minimum absolute atomic E-state index is 0.307. The number of hydrogen-bond donors (Lipinski definition) is 2. The van der Waals surface area contributed by atoms with E-state index in [-0.39, 0.29) is 0 Å². The number of nitrogens with zero attached hydrogens (tertiary/aromatic N) is 2. The molecular weight excluding hydrogens is 306 g/mol. The van der Waals surface area contributed by atoms with Gasteiger partial charge in [0.05, 0.1) is 18.8 Å². The van der Waals surface area contributed by atoms with Gasteiger partial charge in [0.15, 0.2) is 0 Å². The van der Waals surface area contributed by atoms with Gasteiger partial charge in [-0.3, -0.25) is 0 Å². The second-order valence-corrected chi connectivity index (χ2v) is 5.73. The molecule has 1 aromatic heterocycles. The van der Waals surface area contributed by atoms with Gasteiger partial charge in [0, 0.05) is 32.4 Å². The lowest BCUT2D eigenvalue weighted by Crippen LogP contribution is -2.36. The number of morpholine rings is 1. The number of nitrogens with one attached hydrogen (secondary N) is 1. The van der Waals surface area contributed by atoms with Gasteiger partial charge in [-0.1, -0.05) is 18.2 Å². The lowest BCUT2D eigenvalue weighted by Gasteiger charge is -2.27. The van der Waals surface area contributed by atoms with E-state index < -0.39 is 5.97 Å². The van der Waals surface area contributed by atoms with E-state index in [1.165, 1.54) is 0 Å². The molecule has 1 aliphatic heterocycles. The standard InChI is InChI=1S/C18H21N3O3/c22-18(23)16-4-1-14(2-5-16)11-19-12-15-3-6-17(20-13-15)21-7-9-24-10-8-21/h1-6,13,19H,7-12H2,(H,22,23). The summed E-state index contributed by atoms with van der Waals surface area (Å²) in [6.07, 6.45) is 1.89. The van der Waals surface area contributed by atoms with Crippen molar-refractivity contribution in [2.45, 2.75) is 13.1 Å². The van der Waals surface area contributed by atoms with E-state index in [0.29, 0.717) is 12.1 Å². The number of aromatic carboxylic acids is 1. The molecule has 0 spiro atoms. The van der Waals surface area contributed by atoms with Crippen molar-refractivity contribution in [3.63, 3.8) is 0 Å². The average molecular weight is 327 g/mol. The summed E-state index contributed by atoms with van der Waals surface area (Å²) < 4.78 is 5.35. The second-order valence-electron chi connectivity index (χ2n) is 5.73. The van der Waals surface area contributed by atoms with Crippen LogP contribution in [0.25, 0.3) is 0 Å². The summed E-state index contributed by atoms with van der Waals surface area (Å²) in [5.74, 6) is 0.0900. The van der Waals surface area contributed by atoms with Gasteiger partial charge in [0.25, 0.3) is 0 Å². The van der Waals surface area contributed by atoms with E-state index in [9.17, 15) is 4.79 Å². The van der Waals surface area contributed by atoms with Gasteiger partial charge in [0.2, 0.25) is 0 Å². The fourth-order valence-electron chi connectivity index (χ4n) is 2.62. The molecule has 6 nitrogen and oxygen atoms in total. The van der Waals surface area contributed by atoms with E-state index >= 15 is 0 Å². The van der Waals surface area contributed by atoms with Gasteiger partial charge in [-0.2, -0.15) is 0 Å². The minimum atomic E-state index is -0.902. The number of carbonyl (C=O) groups is 1. The van der Waals surface area contributed by atoms with Crippen LogP contribution in [0.4, 0.5) is 5.82 Å². The van der Waals surface area contributed by atoms with Crippen LogP contribution >= 0.6 is 0 Å². The average Bonchev–Trinajstić information content (AvgIpc) is 2.63. The van der Waals surface area contributed by atoms with Crippen LogP contribution in [-0.2, 0) is 17.8 Å². The van der Waals surface area contributed by atoms with Gasteiger partial charge in [-0.15, -0.1) is 0 Å². The minimum Gasteiger partial charge on any atom is -0.478 e. The summed E-state index contributed by atoms with van der Waals surface area (Å²) in [6.45, 7) is 4.69. The van der Waals surface area contributed by atoms with Crippen LogP contribution in [0.5, 0.6) is 0 Å².